The summed E-state index contributed by atoms with van der Waals surface area (Å²) in [4.78, 5) is 45.0. The van der Waals surface area contributed by atoms with Gasteiger partial charge in [-0.25, -0.2) is 0 Å². The smallest absolute Gasteiger partial charge is 0.274 e. The number of benzene rings is 1. The van der Waals surface area contributed by atoms with Gasteiger partial charge in [0, 0.05) is 55.1 Å². The second-order valence-electron chi connectivity index (χ2n) is 12.0. The van der Waals surface area contributed by atoms with Gasteiger partial charge in [-0.2, -0.15) is 5.10 Å². The van der Waals surface area contributed by atoms with E-state index in [1.165, 1.54) is 24.1 Å². The average Bonchev–Trinajstić information content (AvgIpc) is 3.75. The quantitative estimate of drug-likeness (QED) is 0.374. The number of H-pyrrole nitrogens is 1. The van der Waals surface area contributed by atoms with E-state index in [0.29, 0.717) is 30.2 Å². The number of pyridine rings is 1. The number of hydrogen-bond donors (Lipinski definition) is 2. The van der Waals surface area contributed by atoms with Crippen molar-refractivity contribution in [3.63, 3.8) is 0 Å². The Bertz CT molecular complexity index is 1780. The number of nitrogens with zero attached hydrogens (tertiary/aromatic N) is 4. The number of ketones is 1. The number of aromatic nitrogens is 4. The van der Waals surface area contributed by atoms with Gasteiger partial charge >= 0.3 is 0 Å². The highest BCUT2D eigenvalue weighted by atomic mass is 16.2. The fourth-order valence-corrected chi connectivity index (χ4v) is 7.31. The number of amides is 1. The Morgan fingerprint density at radius 1 is 1.07 bits per heavy atom. The molecule has 9 heteroatoms. The molecule has 7 rings (SSSR count). The summed E-state index contributed by atoms with van der Waals surface area (Å²) in [6.45, 7) is 0.696. The van der Waals surface area contributed by atoms with Crippen LogP contribution in [0.4, 0.5) is 0 Å². The van der Waals surface area contributed by atoms with Crippen LogP contribution in [0, 0.1) is 5.92 Å². The number of allylic oxidation sites excluding steroid dienone is 1. The molecule has 0 saturated heterocycles. The Morgan fingerprint density at radius 2 is 1.88 bits per heavy atom. The lowest BCUT2D eigenvalue weighted by Crippen LogP contribution is -2.44. The third-order valence-corrected chi connectivity index (χ3v) is 9.45. The minimum absolute atomic E-state index is 0.0945. The first-order chi connectivity index (χ1) is 19.9. The number of likely N-dealkylation sites (N-methyl/N-ethyl adjacent to an activating group) is 1. The molecule has 1 fully saturated rings. The number of hydrogen-bond acceptors (Lipinski definition) is 5. The van der Waals surface area contributed by atoms with Gasteiger partial charge in [-0.15, -0.1) is 0 Å². The number of rotatable bonds is 5. The molecule has 1 unspecified atom stereocenters. The third-order valence-electron chi connectivity index (χ3n) is 9.45. The molecule has 4 aromatic rings. The summed E-state index contributed by atoms with van der Waals surface area (Å²) in [5.74, 6) is -0.308. The van der Waals surface area contributed by atoms with E-state index in [0.717, 1.165) is 65.9 Å². The number of Topliss-reactive ketones (excluding diaryl/α,β-unsaturated/α-hetero) is 1. The second kappa shape index (κ2) is 10.0. The molecule has 1 atom stereocenters. The van der Waals surface area contributed by atoms with Crippen molar-refractivity contribution in [2.24, 2.45) is 13.0 Å². The molecule has 3 aliphatic rings. The fraction of sp³-hybridized carbons (Fsp3) is 0.438. The zero-order valence-corrected chi connectivity index (χ0v) is 23.7. The van der Waals surface area contributed by atoms with Crippen LogP contribution in [0.5, 0.6) is 0 Å². The van der Waals surface area contributed by atoms with Crippen molar-refractivity contribution in [2.75, 3.05) is 20.1 Å². The van der Waals surface area contributed by atoms with Crippen molar-refractivity contribution in [1.82, 2.24) is 29.5 Å². The molecular weight excluding hydrogens is 516 g/mol. The molecule has 0 radical (unpaired) electrons. The van der Waals surface area contributed by atoms with Crippen molar-refractivity contribution in [2.45, 2.75) is 57.4 Å². The number of aryl methyl sites for hydroxylation is 1. The number of carbonyl (C=O) groups excluding carboxylic acids is 2. The van der Waals surface area contributed by atoms with Gasteiger partial charge in [-0.1, -0.05) is 12.8 Å². The van der Waals surface area contributed by atoms with Crippen LogP contribution in [0.2, 0.25) is 0 Å². The van der Waals surface area contributed by atoms with Crippen LogP contribution in [-0.2, 0) is 11.8 Å². The third kappa shape index (κ3) is 4.29. The molecule has 4 heterocycles. The van der Waals surface area contributed by atoms with Crippen LogP contribution in [-0.4, -0.2) is 56.1 Å². The molecule has 1 amide bonds. The molecule has 2 N–H and O–H groups in total. The van der Waals surface area contributed by atoms with Gasteiger partial charge in [0.2, 0.25) is 0 Å². The molecule has 212 valence electrons. The van der Waals surface area contributed by atoms with Crippen molar-refractivity contribution in [1.29, 1.82) is 0 Å². The zero-order valence-electron chi connectivity index (χ0n) is 23.7. The van der Waals surface area contributed by atoms with Gasteiger partial charge < -0.3 is 19.8 Å². The average molecular weight is 553 g/mol. The Morgan fingerprint density at radius 3 is 2.71 bits per heavy atom. The van der Waals surface area contributed by atoms with Crippen LogP contribution in [0.15, 0.2) is 52.9 Å². The predicted molar refractivity (Wildman–Crippen MR) is 159 cm³/mol. The topological polar surface area (TPSA) is 105 Å². The lowest BCUT2D eigenvalue weighted by molar-refractivity contribution is -0.123. The van der Waals surface area contributed by atoms with Gasteiger partial charge in [0.1, 0.15) is 5.52 Å². The van der Waals surface area contributed by atoms with Crippen molar-refractivity contribution >= 4 is 33.5 Å². The normalized spacial score (nSPS) is 19.9. The lowest BCUT2D eigenvalue weighted by atomic mass is 9.81. The van der Waals surface area contributed by atoms with E-state index in [2.05, 4.69) is 25.9 Å². The monoisotopic (exact) mass is 552 g/mol. The van der Waals surface area contributed by atoms with E-state index in [-0.39, 0.29) is 23.2 Å². The number of aromatic amines is 1. The van der Waals surface area contributed by atoms with Crippen LogP contribution >= 0.6 is 0 Å². The molecule has 41 heavy (non-hydrogen) atoms. The first-order valence-corrected chi connectivity index (χ1v) is 14.8. The highest BCUT2D eigenvalue weighted by molar-refractivity contribution is 6.09. The summed E-state index contributed by atoms with van der Waals surface area (Å²) in [6.07, 6.45) is 14.1. The van der Waals surface area contributed by atoms with Crippen molar-refractivity contribution in [3.05, 3.63) is 64.0 Å². The van der Waals surface area contributed by atoms with Crippen LogP contribution in [0.25, 0.3) is 32.9 Å². The van der Waals surface area contributed by atoms with E-state index >= 15 is 0 Å². The van der Waals surface area contributed by atoms with Gasteiger partial charge in [0.05, 0.1) is 35.8 Å². The Labute approximate surface area is 238 Å². The second-order valence-corrected chi connectivity index (χ2v) is 12.0. The molecule has 9 nitrogen and oxygen atoms in total. The largest absolute Gasteiger partial charge is 0.371 e. The zero-order chi connectivity index (χ0) is 28.2. The van der Waals surface area contributed by atoms with Crippen LogP contribution in [0.3, 0.4) is 0 Å². The first kappa shape index (κ1) is 25.8. The summed E-state index contributed by atoms with van der Waals surface area (Å²) < 4.78 is 3.66. The van der Waals surface area contributed by atoms with Gasteiger partial charge in [0.15, 0.2) is 5.78 Å². The van der Waals surface area contributed by atoms with E-state index in [9.17, 15) is 14.4 Å². The summed E-state index contributed by atoms with van der Waals surface area (Å²) in [5, 5.41) is 9.54. The Hall–Kier alpha value is -4.14. The molecule has 3 aromatic heterocycles. The minimum Gasteiger partial charge on any atom is -0.371 e. The maximum absolute atomic E-state index is 13.9. The molecule has 1 aliphatic heterocycles. The van der Waals surface area contributed by atoms with E-state index in [4.69, 9.17) is 5.10 Å². The van der Waals surface area contributed by atoms with Crippen LogP contribution < -0.4 is 10.9 Å². The maximum atomic E-state index is 13.9. The van der Waals surface area contributed by atoms with Gasteiger partial charge in [-0.3, -0.25) is 19.1 Å². The highest BCUT2D eigenvalue weighted by Gasteiger charge is 2.34. The molecule has 1 saturated carbocycles. The lowest BCUT2D eigenvalue weighted by Gasteiger charge is -2.37. The Balaban J connectivity index is 1.30. The summed E-state index contributed by atoms with van der Waals surface area (Å²) in [6, 6.07) is 6.22. The minimum atomic E-state index is -0.270. The van der Waals surface area contributed by atoms with Crippen LogP contribution in [0.1, 0.15) is 67.8 Å². The van der Waals surface area contributed by atoms with Gasteiger partial charge in [0.25, 0.3) is 11.5 Å². The molecule has 1 aromatic carbocycles. The van der Waals surface area contributed by atoms with Crippen molar-refractivity contribution in [3.8, 4) is 11.1 Å². The number of carbonyl (C=O) groups is 2. The first-order valence-electron chi connectivity index (χ1n) is 14.8. The van der Waals surface area contributed by atoms with Gasteiger partial charge in [-0.05, 0) is 67.9 Å². The fourth-order valence-electron chi connectivity index (χ4n) is 7.31. The SMILES string of the molecule is CN1CC(=O)C(CNC(=O)c2cc(-c3cn(C)c(=O)c4[nH]ccc34)cc3c2cnn3C2CCCC2)C2=C1CCCC2. The maximum Gasteiger partial charge on any atom is 0.274 e. The standard InChI is InChI=1S/C32H36N6O3/c1-36-18-29(39)25(21-9-5-6-10-27(21)36)15-34-31(40)23-13-19(26-17-37(2)32(41)30-22(26)11-12-33-30)14-28-24(23)16-35-38(28)20-7-3-4-8-20/h11-14,16-17,20,25,33H,3-10,15,18H2,1-2H3,(H,34,40). The molecular formula is C32H36N6O3. The summed E-state index contributed by atoms with van der Waals surface area (Å²) in [7, 11) is 3.74. The predicted octanol–water partition coefficient (Wildman–Crippen LogP) is 4.69. The van der Waals surface area contributed by atoms with E-state index in [1.807, 2.05) is 31.6 Å². The molecule has 0 spiro atoms. The van der Waals surface area contributed by atoms with E-state index in [1.54, 1.807) is 17.8 Å². The summed E-state index contributed by atoms with van der Waals surface area (Å²) in [5.41, 5.74) is 6.12. The number of fused-ring (bicyclic) bond motifs is 2. The Kier molecular flexibility index (Phi) is 6.32. The number of nitrogens with one attached hydrogen (secondary N) is 2. The highest BCUT2D eigenvalue weighted by Crippen LogP contribution is 2.37. The molecule has 0 bridgehead atoms. The summed E-state index contributed by atoms with van der Waals surface area (Å²) >= 11 is 0. The molecule has 2 aliphatic carbocycles. The van der Waals surface area contributed by atoms with E-state index < -0.39 is 0 Å². The van der Waals surface area contributed by atoms with Crippen molar-refractivity contribution < 1.29 is 9.59 Å².